The number of para-hydroxylation sites is 1. The zero-order valence-electron chi connectivity index (χ0n) is 14.3. The highest BCUT2D eigenvalue weighted by Gasteiger charge is 2.29. The number of rotatable bonds is 6. The fraction of sp³-hybridized carbons (Fsp3) is 0.200. The lowest BCUT2D eigenvalue weighted by atomic mass is 10.1. The van der Waals surface area contributed by atoms with Gasteiger partial charge in [-0.05, 0) is 19.1 Å². The van der Waals surface area contributed by atoms with E-state index < -0.39 is 18.2 Å². The molecule has 0 saturated carbocycles. The largest absolute Gasteiger partial charge is 0.481 e. The molecule has 1 unspecified atom stereocenters. The van der Waals surface area contributed by atoms with Crippen molar-refractivity contribution in [1.82, 2.24) is 5.32 Å². The standard InChI is InChI=1S/C20H19NO5/c1-2-24-18(22)13-25-17-11-7-6-10-15(17)12-16-20(23)26-19(21-16)14-8-4-3-5-9-14/h3-12,19,21H,2,13H2,1H3/b16-12+. The van der Waals surface area contributed by atoms with E-state index in [0.717, 1.165) is 5.56 Å². The highest BCUT2D eigenvalue weighted by atomic mass is 16.6. The van der Waals surface area contributed by atoms with Gasteiger partial charge in [0.1, 0.15) is 11.4 Å². The molecule has 6 heteroatoms. The zero-order valence-corrected chi connectivity index (χ0v) is 14.3. The van der Waals surface area contributed by atoms with Gasteiger partial charge in [0.15, 0.2) is 12.8 Å². The number of hydrogen-bond donors (Lipinski definition) is 1. The fourth-order valence-corrected chi connectivity index (χ4v) is 2.51. The molecule has 0 aromatic heterocycles. The van der Waals surface area contributed by atoms with Crippen LogP contribution in [0.4, 0.5) is 0 Å². The molecule has 1 fully saturated rings. The Morgan fingerprint density at radius 3 is 2.65 bits per heavy atom. The first-order valence-corrected chi connectivity index (χ1v) is 8.29. The molecular formula is C20H19NO5. The summed E-state index contributed by atoms with van der Waals surface area (Å²) in [6, 6.07) is 16.5. The van der Waals surface area contributed by atoms with E-state index in [0.29, 0.717) is 23.6 Å². The Balaban J connectivity index is 1.75. The van der Waals surface area contributed by atoms with Gasteiger partial charge in [-0.25, -0.2) is 9.59 Å². The molecule has 2 aromatic carbocycles. The molecule has 0 radical (unpaired) electrons. The van der Waals surface area contributed by atoms with Gasteiger partial charge in [0.25, 0.3) is 0 Å². The Hall–Kier alpha value is -3.28. The van der Waals surface area contributed by atoms with E-state index in [9.17, 15) is 9.59 Å². The molecule has 134 valence electrons. The second-order valence-electron chi connectivity index (χ2n) is 5.53. The normalized spacial score (nSPS) is 17.5. The summed E-state index contributed by atoms with van der Waals surface area (Å²) in [4.78, 5) is 23.6. The lowest BCUT2D eigenvalue weighted by molar-refractivity contribution is -0.145. The van der Waals surface area contributed by atoms with Crippen LogP contribution in [-0.2, 0) is 19.1 Å². The van der Waals surface area contributed by atoms with Crippen molar-refractivity contribution in [2.24, 2.45) is 0 Å². The molecule has 2 aromatic rings. The van der Waals surface area contributed by atoms with Crippen LogP contribution in [0.25, 0.3) is 6.08 Å². The van der Waals surface area contributed by atoms with Gasteiger partial charge in [0, 0.05) is 11.1 Å². The number of benzene rings is 2. The summed E-state index contributed by atoms with van der Waals surface area (Å²) in [6.07, 6.45) is 1.12. The molecule has 6 nitrogen and oxygen atoms in total. The summed E-state index contributed by atoms with van der Waals surface area (Å²) in [5, 5.41) is 3.06. The van der Waals surface area contributed by atoms with Crippen LogP contribution in [0.1, 0.15) is 24.3 Å². The van der Waals surface area contributed by atoms with Crippen LogP contribution >= 0.6 is 0 Å². The van der Waals surface area contributed by atoms with Crippen LogP contribution in [0.15, 0.2) is 60.3 Å². The van der Waals surface area contributed by atoms with Gasteiger partial charge in [-0.2, -0.15) is 0 Å². The smallest absolute Gasteiger partial charge is 0.356 e. The fourth-order valence-electron chi connectivity index (χ4n) is 2.51. The molecule has 1 N–H and O–H groups in total. The molecule has 1 atom stereocenters. The summed E-state index contributed by atoms with van der Waals surface area (Å²) >= 11 is 0. The van der Waals surface area contributed by atoms with Gasteiger partial charge in [0.2, 0.25) is 0 Å². The summed E-state index contributed by atoms with van der Waals surface area (Å²) in [6.45, 7) is 1.83. The van der Waals surface area contributed by atoms with Gasteiger partial charge < -0.3 is 19.5 Å². The Labute approximate surface area is 151 Å². The zero-order chi connectivity index (χ0) is 18.4. The third-order valence-electron chi connectivity index (χ3n) is 3.70. The lowest BCUT2D eigenvalue weighted by Gasteiger charge is -2.10. The van der Waals surface area contributed by atoms with Crippen molar-refractivity contribution in [2.45, 2.75) is 13.2 Å². The second-order valence-corrected chi connectivity index (χ2v) is 5.53. The highest BCUT2D eigenvalue weighted by molar-refractivity contribution is 5.95. The van der Waals surface area contributed by atoms with E-state index >= 15 is 0 Å². The van der Waals surface area contributed by atoms with Crippen LogP contribution in [0.3, 0.4) is 0 Å². The number of nitrogens with one attached hydrogen (secondary N) is 1. The monoisotopic (exact) mass is 353 g/mol. The molecule has 0 spiro atoms. The lowest BCUT2D eigenvalue weighted by Crippen LogP contribution is -2.15. The molecule has 1 heterocycles. The van der Waals surface area contributed by atoms with Crippen molar-refractivity contribution < 1.29 is 23.8 Å². The Bertz CT molecular complexity index is 816. The predicted octanol–water partition coefficient (Wildman–Crippen LogP) is 2.81. The second kappa shape index (κ2) is 8.20. The van der Waals surface area contributed by atoms with Gasteiger partial charge in [-0.15, -0.1) is 0 Å². The number of carbonyl (C=O) groups is 2. The van der Waals surface area contributed by atoms with Crippen molar-refractivity contribution in [1.29, 1.82) is 0 Å². The maximum absolute atomic E-state index is 12.2. The Kier molecular flexibility index (Phi) is 5.53. The molecule has 26 heavy (non-hydrogen) atoms. The Morgan fingerprint density at radius 2 is 1.88 bits per heavy atom. The topological polar surface area (TPSA) is 73.9 Å². The average molecular weight is 353 g/mol. The summed E-state index contributed by atoms with van der Waals surface area (Å²) in [5.74, 6) is -0.414. The first-order valence-electron chi connectivity index (χ1n) is 8.29. The van der Waals surface area contributed by atoms with E-state index in [4.69, 9.17) is 14.2 Å². The van der Waals surface area contributed by atoms with E-state index in [-0.39, 0.29) is 6.61 Å². The first kappa shape index (κ1) is 17.5. The van der Waals surface area contributed by atoms with Crippen molar-refractivity contribution in [3.63, 3.8) is 0 Å². The maximum Gasteiger partial charge on any atom is 0.356 e. The minimum atomic E-state index is -0.525. The third-order valence-corrected chi connectivity index (χ3v) is 3.70. The van der Waals surface area contributed by atoms with E-state index in [1.807, 2.05) is 36.4 Å². The summed E-state index contributed by atoms with van der Waals surface area (Å²) in [5.41, 5.74) is 1.84. The van der Waals surface area contributed by atoms with Crippen molar-refractivity contribution in [3.8, 4) is 5.75 Å². The van der Waals surface area contributed by atoms with E-state index in [2.05, 4.69) is 5.32 Å². The molecule has 0 aliphatic carbocycles. The predicted molar refractivity (Wildman–Crippen MR) is 95.0 cm³/mol. The van der Waals surface area contributed by atoms with Gasteiger partial charge in [0.05, 0.1) is 6.61 Å². The highest BCUT2D eigenvalue weighted by Crippen LogP contribution is 2.27. The quantitative estimate of drug-likeness (QED) is 0.636. The number of carbonyl (C=O) groups excluding carboxylic acids is 2. The molecule has 0 amide bonds. The Morgan fingerprint density at radius 1 is 1.15 bits per heavy atom. The summed E-state index contributed by atoms with van der Waals surface area (Å²) in [7, 11) is 0. The minimum absolute atomic E-state index is 0.196. The molecule has 1 aliphatic rings. The van der Waals surface area contributed by atoms with Crippen LogP contribution in [-0.4, -0.2) is 25.2 Å². The van der Waals surface area contributed by atoms with Gasteiger partial charge in [-0.3, -0.25) is 0 Å². The number of hydrogen-bond acceptors (Lipinski definition) is 6. The van der Waals surface area contributed by atoms with Crippen molar-refractivity contribution in [3.05, 3.63) is 71.4 Å². The minimum Gasteiger partial charge on any atom is -0.481 e. The van der Waals surface area contributed by atoms with Gasteiger partial charge >= 0.3 is 11.9 Å². The van der Waals surface area contributed by atoms with Crippen LogP contribution < -0.4 is 10.1 Å². The van der Waals surface area contributed by atoms with Crippen LogP contribution in [0, 0.1) is 0 Å². The molecule has 3 rings (SSSR count). The van der Waals surface area contributed by atoms with Crippen LogP contribution in [0.5, 0.6) is 5.75 Å². The van der Waals surface area contributed by atoms with Gasteiger partial charge in [-0.1, -0.05) is 48.5 Å². The van der Waals surface area contributed by atoms with E-state index in [1.165, 1.54) is 0 Å². The number of cyclic esters (lactones) is 1. The molecule has 1 aliphatic heterocycles. The molecule has 0 bridgehead atoms. The van der Waals surface area contributed by atoms with E-state index in [1.54, 1.807) is 31.2 Å². The van der Waals surface area contributed by atoms with Crippen molar-refractivity contribution >= 4 is 18.0 Å². The third kappa shape index (κ3) is 4.22. The van der Waals surface area contributed by atoms with Crippen LogP contribution in [0.2, 0.25) is 0 Å². The first-order chi connectivity index (χ1) is 12.7. The maximum atomic E-state index is 12.2. The average Bonchev–Trinajstić information content (AvgIpc) is 3.03. The molecule has 1 saturated heterocycles. The SMILES string of the molecule is CCOC(=O)COc1ccccc1/C=C1/NC(c2ccccc2)OC1=O. The molecular weight excluding hydrogens is 334 g/mol. The number of esters is 2. The number of ether oxygens (including phenoxy) is 3. The summed E-state index contributed by atoms with van der Waals surface area (Å²) < 4.78 is 15.7. The van der Waals surface area contributed by atoms with Crippen molar-refractivity contribution in [2.75, 3.05) is 13.2 Å².